The fourth-order valence-corrected chi connectivity index (χ4v) is 4.10. The molecule has 2 heterocycles. The van der Waals surface area contributed by atoms with Gasteiger partial charge in [0.05, 0.1) is 17.1 Å². The third kappa shape index (κ3) is 5.17. The normalized spacial score (nSPS) is 10.8. The van der Waals surface area contributed by atoms with Crippen LogP contribution in [0.1, 0.15) is 44.8 Å². The summed E-state index contributed by atoms with van der Waals surface area (Å²) in [4.78, 5) is 20.0. The van der Waals surface area contributed by atoms with E-state index in [1.54, 1.807) is 11.3 Å². The highest BCUT2D eigenvalue weighted by atomic mass is 32.1. The maximum atomic E-state index is 12.7. The highest BCUT2D eigenvalue weighted by Crippen LogP contribution is 2.20. The maximum Gasteiger partial charge on any atom is 0.264 e. The summed E-state index contributed by atoms with van der Waals surface area (Å²) in [6.45, 7) is 7.95. The number of ether oxygens (including phenoxy) is 1. The molecule has 0 bridgehead atoms. The zero-order valence-corrected chi connectivity index (χ0v) is 17.5. The minimum atomic E-state index is 0.0766. The Hall–Kier alpha value is -2.18. The Morgan fingerprint density at radius 3 is 2.74 bits per heavy atom. The molecule has 1 amide bonds. The van der Waals surface area contributed by atoms with E-state index in [0.717, 1.165) is 34.3 Å². The first-order valence-corrected chi connectivity index (χ1v) is 10.8. The van der Waals surface area contributed by atoms with E-state index in [4.69, 9.17) is 4.74 Å². The molecule has 0 atom stereocenters. The molecule has 142 valence electrons. The second-order valence-electron chi connectivity index (χ2n) is 6.47. The molecular formula is C21H24N2O2S2. The Bertz CT molecular complexity index is 887. The van der Waals surface area contributed by atoms with Gasteiger partial charge in [-0.05, 0) is 55.0 Å². The summed E-state index contributed by atoms with van der Waals surface area (Å²) in [5, 5.41) is 4.87. The summed E-state index contributed by atoms with van der Waals surface area (Å²) in [6.07, 6.45) is 0.921. The Balaban J connectivity index is 1.61. The lowest BCUT2D eigenvalue weighted by Gasteiger charge is -2.20. The topological polar surface area (TPSA) is 42.4 Å². The number of aryl methyl sites for hydroxylation is 2. The molecule has 27 heavy (non-hydrogen) atoms. The lowest BCUT2D eigenvalue weighted by atomic mass is 10.1. The second-order valence-corrected chi connectivity index (χ2v) is 8.36. The smallest absolute Gasteiger partial charge is 0.264 e. The second kappa shape index (κ2) is 9.15. The number of benzene rings is 1. The van der Waals surface area contributed by atoms with Gasteiger partial charge in [-0.25, -0.2) is 4.98 Å². The van der Waals surface area contributed by atoms with Crippen LogP contribution in [0.15, 0.2) is 41.1 Å². The molecule has 0 saturated heterocycles. The Labute approximate surface area is 168 Å². The highest BCUT2D eigenvalue weighted by Gasteiger charge is 2.17. The van der Waals surface area contributed by atoms with Gasteiger partial charge in [0.25, 0.3) is 5.91 Å². The standard InChI is InChI=1S/C21H24N2O2S2/c1-4-9-23(21(24)19-6-5-10-26-19)12-17-14-27-20(22-17)13-25-18-8-7-15(2)16(3)11-18/h5-8,10-11,14H,4,9,12-13H2,1-3H3. The monoisotopic (exact) mass is 400 g/mol. The first kappa shape index (κ1) is 19.6. The molecule has 0 aliphatic carbocycles. The number of carbonyl (C=O) groups is 1. The van der Waals surface area contributed by atoms with Crippen LogP contribution >= 0.6 is 22.7 Å². The van der Waals surface area contributed by atoms with Crippen LogP contribution in [0.5, 0.6) is 5.75 Å². The third-order valence-electron chi connectivity index (χ3n) is 4.31. The summed E-state index contributed by atoms with van der Waals surface area (Å²) in [6, 6.07) is 9.88. The lowest BCUT2D eigenvalue weighted by Crippen LogP contribution is -2.30. The zero-order chi connectivity index (χ0) is 19.2. The van der Waals surface area contributed by atoms with Gasteiger partial charge >= 0.3 is 0 Å². The van der Waals surface area contributed by atoms with E-state index >= 15 is 0 Å². The number of carbonyl (C=O) groups excluding carboxylic acids is 1. The molecule has 0 saturated carbocycles. The van der Waals surface area contributed by atoms with Gasteiger partial charge in [-0.15, -0.1) is 22.7 Å². The molecule has 0 radical (unpaired) electrons. The van der Waals surface area contributed by atoms with Gasteiger partial charge in [0, 0.05) is 11.9 Å². The molecule has 6 heteroatoms. The zero-order valence-electron chi connectivity index (χ0n) is 15.9. The van der Waals surface area contributed by atoms with Gasteiger partial charge < -0.3 is 9.64 Å². The average molecular weight is 401 g/mol. The molecule has 0 aliphatic heterocycles. The predicted molar refractivity (Wildman–Crippen MR) is 112 cm³/mol. The molecule has 0 fully saturated rings. The number of rotatable bonds is 8. The van der Waals surface area contributed by atoms with Gasteiger partial charge in [-0.3, -0.25) is 4.79 Å². The van der Waals surface area contributed by atoms with Crippen molar-refractivity contribution in [3.63, 3.8) is 0 Å². The minimum Gasteiger partial charge on any atom is -0.486 e. The quantitative estimate of drug-likeness (QED) is 0.505. The van der Waals surface area contributed by atoms with Crippen molar-refractivity contribution in [2.24, 2.45) is 0 Å². The van der Waals surface area contributed by atoms with Crippen LogP contribution in [0.2, 0.25) is 0 Å². The van der Waals surface area contributed by atoms with Crippen LogP contribution in [-0.2, 0) is 13.2 Å². The largest absolute Gasteiger partial charge is 0.486 e. The number of nitrogens with zero attached hydrogens (tertiary/aromatic N) is 2. The average Bonchev–Trinajstić information content (AvgIpc) is 3.34. The molecule has 3 aromatic rings. The van der Waals surface area contributed by atoms with Crippen LogP contribution < -0.4 is 4.74 Å². The molecule has 4 nitrogen and oxygen atoms in total. The first-order chi connectivity index (χ1) is 13.1. The Kier molecular flexibility index (Phi) is 6.63. The molecule has 0 spiro atoms. The minimum absolute atomic E-state index is 0.0766. The predicted octanol–water partition coefficient (Wildman–Crippen LogP) is 5.45. The molecule has 0 aliphatic rings. The van der Waals surface area contributed by atoms with Crippen molar-refractivity contribution in [1.82, 2.24) is 9.88 Å². The molecular weight excluding hydrogens is 376 g/mol. The fourth-order valence-electron chi connectivity index (χ4n) is 2.71. The van der Waals surface area contributed by atoms with Gasteiger partial charge in [0.15, 0.2) is 0 Å². The molecule has 0 N–H and O–H groups in total. The van der Waals surface area contributed by atoms with E-state index in [-0.39, 0.29) is 5.91 Å². The third-order valence-corrected chi connectivity index (χ3v) is 6.03. The van der Waals surface area contributed by atoms with Gasteiger partial charge in [-0.1, -0.05) is 19.1 Å². The summed E-state index contributed by atoms with van der Waals surface area (Å²) in [7, 11) is 0. The molecule has 1 aromatic carbocycles. The van der Waals surface area contributed by atoms with E-state index < -0.39 is 0 Å². The van der Waals surface area contributed by atoms with Crippen molar-refractivity contribution in [3.8, 4) is 5.75 Å². The van der Waals surface area contributed by atoms with E-state index in [1.165, 1.54) is 22.5 Å². The van der Waals surface area contributed by atoms with Crippen molar-refractivity contribution in [1.29, 1.82) is 0 Å². The Morgan fingerprint density at radius 1 is 1.19 bits per heavy atom. The number of aromatic nitrogens is 1. The number of amides is 1. The van der Waals surface area contributed by atoms with E-state index in [2.05, 4.69) is 31.8 Å². The summed E-state index contributed by atoms with van der Waals surface area (Å²) >= 11 is 3.05. The van der Waals surface area contributed by atoms with Crippen LogP contribution in [0.4, 0.5) is 0 Å². The van der Waals surface area contributed by atoms with E-state index in [0.29, 0.717) is 13.2 Å². The summed E-state index contributed by atoms with van der Waals surface area (Å²) in [5.41, 5.74) is 3.39. The van der Waals surface area contributed by atoms with Crippen molar-refractivity contribution >= 4 is 28.6 Å². The van der Waals surface area contributed by atoms with Crippen molar-refractivity contribution in [3.05, 3.63) is 67.8 Å². The summed E-state index contributed by atoms with van der Waals surface area (Å²) < 4.78 is 5.87. The number of thiazole rings is 1. The van der Waals surface area contributed by atoms with Crippen LogP contribution in [-0.4, -0.2) is 22.3 Å². The first-order valence-electron chi connectivity index (χ1n) is 9.03. The van der Waals surface area contributed by atoms with Gasteiger partial charge in [-0.2, -0.15) is 0 Å². The number of hydrogen-bond acceptors (Lipinski definition) is 5. The van der Waals surface area contributed by atoms with Gasteiger partial charge in [0.2, 0.25) is 0 Å². The molecule has 2 aromatic heterocycles. The Morgan fingerprint density at radius 2 is 2.04 bits per heavy atom. The van der Waals surface area contributed by atoms with Crippen LogP contribution in [0, 0.1) is 13.8 Å². The highest BCUT2D eigenvalue weighted by molar-refractivity contribution is 7.12. The number of hydrogen-bond donors (Lipinski definition) is 0. The SMILES string of the molecule is CCCN(Cc1csc(COc2ccc(C)c(C)c2)n1)C(=O)c1cccs1. The molecule has 0 unspecified atom stereocenters. The number of thiophene rings is 1. The van der Waals surface area contributed by atoms with Crippen LogP contribution in [0.25, 0.3) is 0 Å². The maximum absolute atomic E-state index is 12.7. The van der Waals surface area contributed by atoms with E-state index in [9.17, 15) is 4.79 Å². The van der Waals surface area contributed by atoms with Crippen molar-refractivity contribution in [2.75, 3.05) is 6.54 Å². The fraction of sp³-hybridized carbons (Fsp3) is 0.333. The van der Waals surface area contributed by atoms with E-state index in [1.807, 2.05) is 39.9 Å². The molecule has 3 rings (SSSR count). The van der Waals surface area contributed by atoms with Crippen molar-refractivity contribution in [2.45, 2.75) is 40.3 Å². The van der Waals surface area contributed by atoms with Crippen molar-refractivity contribution < 1.29 is 9.53 Å². The van der Waals surface area contributed by atoms with Crippen LogP contribution in [0.3, 0.4) is 0 Å². The van der Waals surface area contributed by atoms with Gasteiger partial charge in [0.1, 0.15) is 17.4 Å². The lowest BCUT2D eigenvalue weighted by molar-refractivity contribution is 0.0746. The summed E-state index contributed by atoms with van der Waals surface area (Å²) in [5.74, 6) is 0.933.